The zero-order valence-corrected chi connectivity index (χ0v) is 17.8. The molecular weight excluding hydrogens is 392 g/mol. The van der Waals surface area contributed by atoms with E-state index in [1.165, 1.54) is 24.0 Å². The third-order valence-electron chi connectivity index (χ3n) is 8.68. The lowest BCUT2D eigenvalue weighted by Gasteiger charge is -2.66. The standard InChI is InChI=1S/C22H29F2N3O3/c1-19-11-17(26-30)22(24)20(2)8-7-12(28)9-14(20)15(23)10-21(22,25)16(19)6-5-13(19)18(29)27(3)4/h7-9,13,15-17H,5-6,10-11,25H2,1-4H3/t13?,15-,16?,17?,19?,20?,21?,22-/m0/s1. The number of nitroso groups, excluding NO2 is 1. The predicted molar refractivity (Wildman–Crippen MR) is 108 cm³/mol. The van der Waals surface area contributed by atoms with E-state index in [-0.39, 0.29) is 24.3 Å². The Kier molecular flexibility index (Phi) is 4.45. The van der Waals surface area contributed by atoms with E-state index in [9.17, 15) is 14.5 Å². The van der Waals surface area contributed by atoms with E-state index in [1.807, 2.05) is 6.92 Å². The highest BCUT2D eigenvalue weighted by Crippen LogP contribution is 2.70. The molecule has 4 aliphatic rings. The van der Waals surface area contributed by atoms with Crippen molar-refractivity contribution in [1.29, 1.82) is 0 Å². The predicted octanol–water partition coefficient (Wildman–Crippen LogP) is 2.87. The van der Waals surface area contributed by atoms with E-state index in [1.54, 1.807) is 14.1 Å². The SMILES string of the molecule is CN(C)C(=O)C1CCC2C1(C)CC(N=O)[C@]1(F)C3(C)C=CC(=O)C=C3[C@@H](F)CC21N. The number of rotatable bonds is 2. The van der Waals surface area contributed by atoms with Gasteiger partial charge in [0.15, 0.2) is 11.5 Å². The number of ketones is 1. The van der Waals surface area contributed by atoms with E-state index in [0.29, 0.717) is 12.8 Å². The number of hydrogen-bond donors (Lipinski definition) is 1. The van der Waals surface area contributed by atoms with Crippen LogP contribution in [0.4, 0.5) is 8.78 Å². The molecule has 3 fully saturated rings. The van der Waals surface area contributed by atoms with Crippen molar-refractivity contribution >= 4 is 11.7 Å². The van der Waals surface area contributed by atoms with Crippen LogP contribution in [0.3, 0.4) is 0 Å². The molecule has 30 heavy (non-hydrogen) atoms. The Balaban J connectivity index is 1.90. The quantitative estimate of drug-likeness (QED) is 0.694. The molecule has 4 rings (SSSR count). The van der Waals surface area contributed by atoms with Crippen LogP contribution in [-0.2, 0) is 9.59 Å². The lowest BCUT2D eigenvalue weighted by atomic mass is 9.41. The minimum absolute atomic E-state index is 0.0229. The summed E-state index contributed by atoms with van der Waals surface area (Å²) in [6, 6.07) is -1.36. The molecule has 0 heterocycles. The maximum atomic E-state index is 17.3. The lowest BCUT2D eigenvalue weighted by molar-refractivity contribution is -0.170. The average molecular weight is 421 g/mol. The van der Waals surface area contributed by atoms with Crippen LogP contribution < -0.4 is 5.73 Å². The Bertz CT molecular complexity index is 889. The number of amides is 1. The van der Waals surface area contributed by atoms with Gasteiger partial charge in [-0.15, -0.1) is 0 Å². The summed E-state index contributed by atoms with van der Waals surface area (Å²) in [6.07, 6.45) is 2.78. The fraction of sp³-hybridized carbons (Fsp3) is 0.727. The number of nitrogens with two attached hydrogens (primary N) is 1. The molecule has 0 saturated heterocycles. The van der Waals surface area contributed by atoms with Crippen LogP contribution >= 0.6 is 0 Å². The van der Waals surface area contributed by atoms with Gasteiger partial charge in [0.2, 0.25) is 5.91 Å². The molecule has 8 atom stereocenters. The maximum absolute atomic E-state index is 17.3. The second-order valence-electron chi connectivity index (χ2n) is 10.2. The summed E-state index contributed by atoms with van der Waals surface area (Å²) < 4.78 is 32.7. The van der Waals surface area contributed by atoms with Crippen LogP contribution in [0.25, 0.3) is 0 Å². The van der Waals surface area contributed by atoms with E-state index < -0.39 is 51.9 Å². The molecule has 6 nitrogen and oxygen atoms in total. The van der Waals surface area contributed by atoms with Crippen LogP contribution in [0.2, 0.25) is 0 Å². The number of carbonyl (C=O) groups is 2. The summed E-state index contributed by atoms with van der Waals surface area (Å²) in [4.78, 5) is 38.3. The normalized spacial score (nSPS) is 49.6. The van der Waals surface area contributed by atoms with Gasteiger partial charge in [-0.2, -0.15) is 4.91 Å². The van der Waals surface area contributed by atoms with Crippen molar-refractivity contribution in [3.63, 3.8) is 0 Å². The summed E-state index contributed by atoms with van der Waals surface area (Å²) in [5.41, 5.74) is 0.436. The van der Waals surface area contributed by atoms with Crippen LogP contribution in [0.5, 0.6) is 0 Å². The first-order valence-corrected chi connectivity index (χ1v) is 10.5. The molecule has 0 aromatic heterocycles. The van der Waals surface area contributed by atoms with Crippen molar-refractivity contribution in [2.24, 2.45) is 33.6 Å². The van der Waals surface area contributed by atoms with E-state index in [4.69, 9.17) is 5.73 Å². The van der Waals surface area contributed by atoms with Gasteiger partial charge in [0.1, 0.15) is 12.2 Å². The van der Waals surface area contributed by atoms with Crippen LogP contribution in [0.1, 0.15) is 39.5 Å². The fourth-order valence-electron chi connectivity index (χ4n) is 7.28. The molecule has 0 bridgehead atoms. The number of fused-ring (bicyclic) bond motifs is 5. The molecule has 0 aromatic rings. The number of nitrogens with zero attached hydrogens (tertiary/aromatic N) is 2. The molecule has 0 spiro atoms. The molecule has 8 heteroatoms. The molecular formula is C22H29F2N3O3. The van der Waals surface area contributed by atoms with Crippen molar-refractivity contribution < 1.29 is 18.4 Å². The zero-order chi connectivity index (χ0) is 22.3. The average Bonchev–Trinajstić information content (AvgIpc) is 3.02. The van der Waals surface area contributed by atoms with Crippen LogP contribution in [0.15, 0.2) is 29.0 Å². The van der Waals surface area contributed by atoms with Crippen molar-refractivity contribution in [2.45, 2.75) is 63.0 Å². The van der Waals surface area contributed by atoms with Crippen molar-refractivity contribution in [3.05, 3.63) is 28.7 Å². The molecule has 6 unspecified atom stereocenters. The first-order valence-electron chi connectivity index (χ1n) is 10.5. The maximum Gasteiger partial charge on any atom is 0.225 e. The van der Waals surface area contributed by atoms with Gasteiger partial charge in [0, 0.05) is 31.8 Å². The largest absolute Gasteiger partial charge is 0.349 e. The minimum atomic E-state index is -2.37. The van der Waals surface area contributed by atoms with Gasteiger partial charge in [-0.25, -0.2) is 8.78 Å². The second-order valence-corrected chi connectivity index (χ2v) is 10.2. The number of hydrogen-bond acceptors (Lipinski definition) is 5. The lowest BCUT2D eigenvalue weighted by Crippen LogP contribution is -2.80. The van der Waals surface area contributed by atoms with Crippen LogP contribution in [-0.4, -0.2) is 54.1 Å². The fourth-order valence-corrected chi connectivity index (χ4v) is 7.28. The molecule has 0 aromatic carbocycles. The third-order valence-corrected chi connectivity index (χ3v) is 8.68. The molecule has 4 aliphatic carbocycles. The Morgan fingerprint density at radius 2 is 1.93 bits per heavy atom. The summed E-state index contributed by atoms with van der Waals surface area (Å²) >= 11 is 0. The molecule has 0 radical (unpaired) electrons. The summed E-state index contributed by atoms with van der Waals surface area (Å²) in [7, 11) is 3.32. The Labute approximate surface area is 174 Å². The monoisotopic (exact) mass is 421 g/mol. The van der Waals surface area contributed by atoms with Gasteiger partial charge in [0.05, 0.1) is 5.54 Å². The molecule has 1 amide bonds. The third kappa shape index (κ3) is 2.26. The smallest absolute Gasteiger partial charge is 0.225 e. The number of carbonyl (C=O) groups excluding carboxylic acids is 2. The topological polar surface area (TPSA) is 92.8 Å². The summed E-state index contributed by atoms with van der Waals surface area (Å²) in [5.74, 6) is -1.43. The number of allylic oxidation sites excluding steroid dienone is 4. The second kappa shape index (κ2) is 6.28. The van der Waals surface area contributed by atoms with Gasteiger partial charge in [-0.3, -0.25) is 9.59 Å². The van der Waals surface area contributed by atoms with Crippen molar-refractivity contribution in [2.75, 3.05) is 14.1 Å². The highest BCUT2D eigenvalue weighted by molar-refractivity contribution is 6.01. The van der Waals surface area contributed by atoms with Gasteiger partial charge < -0.3 is 10.6 Å². The van der Waals surface area contributed by atoms with Gasteiger partial charge in [0.25, 0.3) is 0 Å². The van der Waals surface area contributed by atoms with E-state index in [2.05, 4.69) is 5.18 Å². The van der Waals surface area contributed by atoms with E-state index >= 15 is 8.78 Å². The highest BCUT2D eigenvalue weighted by Gasteiger charge is 2.78. The van der Waals surface area contributed by atoms with Gasteiger partial charge in [-0.1, -0.05) is 18.2 Å². The molecule has 164 valence electrons. The molecule has 0 aliphatic heterocycles. The van der Waals surface area contributed by atoms with Crippen molar-refractivity contribution in [1.82, 2.24) is 4.90 Å². The summed E-state index contributed by atoms with van der Waals surface area (Å²) in [5, 5.41) is 3.17. The van der Waals surface area contributed by atoms with Gasteiger partial charge in [-0.05, 0) is 55.2 Å². The molecule has 2 N–H and O–H groups in total. The van der Waals surface area contributed by atoms with Crippen molar-refractivity contribution in [3.8, 4) is 0 Å². The Morgan fingerprint density at radius 1 is 1.27 bits per heavy atom. The first-order chi connectivity index (χ1) is 13.9. The minimum Gasteiger partial charge on any atom is -0.349 e. The Hall–Kier alpha value is -1.96. The van der Waals surface area contributed by atoms with Crippen LogP contribution in [0, 0.1) is 27.6 Å². The van der Waals surface area contributed by atoms with E-state index in [0.717, 1.165) is 6.08 Å². The van der Waals surface area contributed by atoms with Gasteiger partial charge >= 0.3 is 0 Å². The number of halogens is 2. The molecule has 3 saturated carbocycles. The Morgan fingerprint density at radius 3 is 2.53 bits per heavy atom. The summed E-state index contributed by atoms with van der Waals surface area (Å²) in [6.45, 7) is 3.37. The zero-order valence-electron chi connectivity index (χ0n) is 17.8. The number of alkyl halides is 2. The highest BCUT2D eigenvalue weighted by atomic mass is 19.1. The first kappa shape index (κ1) is 21.3.